The average molecular weight is 220 g/mol. The lowest BCUT2D eigenvalue weighted by atomic mass is 9.95. The molecule has 1 N–H and O–H groups in total. The van der Waals surface area contributed by atoms with Gasteiger partial charge in [-0.15, -0.1) is 0 Å². The Morgan fingerprint density at radius 3 is 2.44 bits per heavy atom. The Balaban J connectivity index is 2.11. The minimum atomic E-state index is -0.697. The van der Waals surface area contributed by atoms with Gasteiger partial charge < -0.3 is 9.84 Å². The molecule has 1 aliphatic carbocycles. The van der Waals surface area contributed by atoms with Crippen LogP contribution in [0.3, 0.4) is 0 Å². The first-order valence-electron chi connectivity index (χ1n) is 5.51. The Morgan fingerprint density at radius 2 is 2.00 bits per heavy atom. The van der Waals surface area contributed by atoms with Crippen molar-refractivity contribution < 1.29 is 14.6 Å². The zero-order chi connectivity index (χ0) is 11.6. The van der Waals surface area contributed by atoms with Gasteiger partial charge >= 0.3 is 5.97 Å². The van der Waals surface area contributed by atoms with Crippen LogP contribution in [0.2, 0.25) is 0 Å². The minimum absolute atomic E-state index is 0.584. The van der Waals surface area contributed by atoms with E-state index >= 15 is 0 Å². The van der Waals surface area contributed by atoms with Crippen molar-refractivity contribution in [3.8, 4) is 0 Å². The summed E-state index contributed by atoms with van der Waals surface area (Å²) >= 11 is 0. The minimum Gasteiger partial charge on any atom is -0.481 e. The molecule has 3 nitrogen and oxygen atoms in total. The Morgan fingerprint density at radius 1 is 1.38 bits per heavy atom. The lowest BCUT2D eigenvalue weighted by Crippen LogP contribution is -2.19. The molecule has 0 spiro atoms. The molecule has 1 fully saturated rings. The molecular formula is C13H16O3. The summed E-state index contributed by atoms with van der Waals surface area (Å²) in [4.78, 5) is 11.1. The van der Waals surface area contributed by atoms with E-state index in [0.29, 0.717) is 6.61 Å². The number of hydrogen-bond donors (Lipinski definition) is 1. The van der Waals surface area contributed by atoms with Crippen LogP contribution in [0.1, 0.15) is 24.0 Å². The largest absolute Gasteiger partial charge is 0.481 e. The zero-order valence-corrected chi connectivity index (χ0v) is 9.40. The van der Waals surface area contributed by atoms with Crippen LogP contribution in [-0.2, 0) is 21.4 Å². The van der Waals surface area contributed by atoms with Crippen molar-refractivity contribution in [2.75, 3.05) is 13.7 Å². The number of carbonyl (C=O) groups is 1. The van der Waals surface area contributed by atoms with E-state index in [1.165, 1.54) is 5.56 Å². The van der Waals surface area contributed by atoms with Crippen LogP contribution in [0.25, 0.3) is 0 Å². The summed E-state index contributed by atoms with van der Waals surface area (Å²) in [5, 5.41) is 9.15. The van der Waals surface area contributed by atoms with E-state index in [1.807, 2.05) is 24.3 Å². The van der Waals surface area contributed by atoms with Crippen LogP contribution < -0.4 is 0 Å². The number of methoxy groups -OCH3 is 1. The molecule has 0 aromatic heterocycles. The van der Waals surface area contributed by atoms with Gasteiger partial charge in [0.15, 0.2) is 0 Å². The molecule has 2 rings (SSSR count). The number of hydrogen-bond acceptors (Lipinski definition) is 2. The summed E-state index contributed by atoms with van der Waals surface area (Å²) < 4.78 is 5.00. The van der Waals surface area contributed by atoms with Crippen LogP contribution in [0.4, 0.5) is 0 Å². The third-order valence-electron chi connectivity index (χ3n) is 3.26. The highest BCUT2D eigenvalue weighted by Gasteiger charge is 2.51. The van der Waals surface area contributed by atoms with Crippen molar-refractivity contribution in [3.05, 3.63) is 35.4 Å². The predicted molar refractivity (Wildman–Crippen MR) is 60.6 cm³/mol. The number of rotatable bonds is 5. The zero-order valence-electron chi connectivity index (χ0n) is 9.40. The first-order valence-corrected chi connectivity index (χ1v) is 5.51. The standard InChI is InChI=1S/C13H16O3/c1-16-9-6-10-2-4-11(5-3-10)13(7-8-13)12(14)15/h2-5H,6-9H2,1H3,(H,14,15). The van der Waals surface area contributed by atoms with Gasteiger partial charge in [-0.3, -0.25) is 4.79 Å². The molecule has 1 aromatic rings. The monoisotopic (exact) mass is 220 g/mol. The highest BCUT2D eigenvalue weighted by molar-refractivity contribution is 5.84. The van der Waals surface area contributed by atoms with E-state index in [-0.39, 0.29) is 0 Å². The fraction of sp³-hybridized carbons (Fsp3) is 0.462. The molecule has 0 heterocycles. The molecule has 0 amide bonds. The maximum absolute atomic E-state index is 11.1. The van der Waals surface area contributed by atoms with Gasteiger partial charge in [-0.2, -0.15) is 0 Å². The average Bonchev–Trinajstić information content (AvgIpc) is 3.08. The van der Waals surface area contributed by atoms with E-state index < -0.39 is 11.4 Å². The fourth-order valence-electron chi connectivity index (χ4n) is 1.96. The third-order valence-corrected chi connectivity index (χ3v) is 3.26. The fourth-order valence-corrected chi connectivity index (χ4v) is 1.96. The highest BCUT2D eigenvalue weighted by atomic mass is 16.5. The van der Waals surface area contributed by atoms with Crippen LogP contribution >= 0.6 is 0 Å². The normalized spacial score (nSPS) is 17.1. The molecular weight excluding hydrogens is 204 g/mol. The molecule has 1 saturated carbocycles. The molecule has 1 aliphatic rings. The number of benzene rings is 1. The van der Waals surface area contributed by atoms with Crippen LogP contribution in [0.15, 0.2) is 24.3 Å². The van der Waals surface area contributed by atoms with Crippen molar-refractivity contribution >= 4 is 5.97 Å². The molecule has 0 radical (unpaired) electrons. The van der Waals surface area contributed by atoms with Gasteiger partial charge in [-0.25, -0.2) is 0 Å². The quantitative estimate of drug-likeness (QED) is 0.825. The lowest BCUT2D eigenvalue weighted by Gasteiger charge is -2.10. The summed E-state index contributed by atoms with van der Waals surface area (Å²) in [6.07, 6.45) is 2.40. The molecule has 0 aliphatic heterocycles. The number of carboxylic acids is 1. The van der Waals surface area contributed by atoms with E-state index in [1.54, 1.807) is 7.11 Å². The van der Waals surface area contributed by atoms with Crippen molar-refractivity contribution in [3.63, 3.8) is 0 Å². The van der Waals surface area contributed by atoms with Gasteiger partial charge in [-0.05, 0) is 30.4 Å². The molecule has 16 heavy (non-hydrogen) atoms. The van der Waals surface area contributed by atoms with Crippen molar-refractivity contribution in [2.24, 2.45) is 0 Å². The maximum atomic E-state index is 11.1. The summed E-state index contributed by atoms with van der Waals surface area (Å²) in [6.45, 7) is 0.698. The van der Waals surface area contributed by atoms with Crippen molar-refractivity contribution in [2.45, 2.75) is 24.7 Å². The Hall–Kier alpha value is -1.35. The smallest absolute Gasteiger partial charge is 0.314 e. The SMILES string of the molecule is COCCc1ccc(C2(C(=O)O)CC2)cc1. The highest BCUT2D eigenvalue weighted by Crippen LogP contribution is 2.48. The van der Waals surface area contributed by atoms with Gasteiger partial charge in [0.1, 0.15) is 0 Å². The maximum Gasteiger partial charge on any atom is 0.314 e. The second-order valence-electron chi connectivity index (χ2n) is 4.33. The molecule has 0 atom stereocenters. The Bertz CT molecular complexity index is 377. The van der Waals surface area contributed by atoms with Crippen LogP contribution in [0.5, 0.6) is 0 Å². The van der Waals surface area contributed by atoms with Gasteiger partial charge in [-0.1, -0.05) is 24.3 Å². The first kappa shape index (κ1) is 11.1. The lowest BCUT2D eigenvalue weighted by molar-refractivity contribution is -0.140. The first-order chi connectivity index (χ1) is 7.69. The summed E-state index contributed by atoms with van der Waals surface area (Å²) in [5.41, 5.74) is 1.53. The number of carboxylic acid groups (broad SMARTS) is 1. The second-order valence-corrected chi connectivity index (χ2v) is 4.33. The van der Waals surface area contributed by atoms with E-state index in [4.69, 9.17) is 9.84 Å². The summed E-state index contributed by atoms with van der Waals surface area (Å²) in [5.74, 6) is -0.697. The van der Waals surface area contributed by atoms with Gasteiger partial charge in [0.2, 0.25) is 0 Å². The number of aliphatic carboxylic acids is 1. The van der Waals surface area contributed by atoms with E-state index in [9.17, 15) is 4.79 Å². The van der Waals surface area contributed by atoms with Crippen LogP contribution in [0, 0.1) is 0 Å². The second kappa shape index (κ2) is 4.26. The Labute approximate surface area is 95.0 Å². The van der Waals surface area contributed by atoms with Gasteiger partial charge in [0.05, 0.1) is 12.0 Å². The molecule has 0 unspecified atom stereocenters. The topological polar surface area (TPSA) is 46.5 Å². The number of ether oxygens (including phenoxy) is 1. The third kappa shape index (κ3) is 1.95. The van der Waals surface area contributed by atoms with E-state index in [2.05, 4.69) is 0 Å². The molecule has 0 saturated heterocycles. The summed E-state index contributed by atoms with van der Waals surface area (Å²) in [6, 6.07) is 7.87. The van der Waals surface area contributed by atoms with Crippen LogP contribution in [-0.4, -0.2) is 24.8 Å². The Kier molecular flexibility index (Phi) is 2.97. The van der Waals surface area contributed by atoms with Crippen molar-refractivity contribution in [1.82, 2.24) is 0 Å². The molecule has 86 valence electrons. The molecule has 1 aromatic carbocycles. The van der Waals surface area contributed by atoms with E-state index in [0.717, 1.165) is 24.8 Å². The van der Waals surface area contributed by atoms with Crippen molar-refractivity contribution in [1.29, 1.82) is 0 Å². The summed E-state index contributed by atoms with van der Waals surface area (Å²) in [7, 11) is 1.68. The van der Waals surface area contributed by atoms with Gasteiger partial charge in [0, 0.05) is 7.11 Å². The molecule has 3 heteroatoms. The predicted octanol–water partition coefficient (Wildman–Crippen LogP) is 1.99. The van der Waals surface area contributed by atoms with Gasteiger partial charge in [0.25, 0.3) is 0 Å². The molecule has 0 bridgehead atoms.